The molecule has 1 heterocycles. The van der Waals surface area contributed by atoms with Gasteiger partial charge in [-0.15, -0.1) is 0 Å². The first kappa shape index (κ1) is 23.4. The SMILES string of the molecule is COc1ccc(C2=C(c3ccc(OC)cc3)[C@H]3C(=O)[C@H]2[C@@H]2C(=O)N(c4cccc5ccccc45)C(=O)[C@@H]32)cc1. The average Bonchev–Trinajstić information content (AvgIpc) is 3.54. The van der Waals surface area contributed by atoms with Crippen LogP contribution in [0.2, 0.25) is 0 Å². The number of carbonyl (C=O) groups excluding carboxylic acids is 3. The van der Waals surface area contributed by atoms with E-state index in [4.69, 9.17) is 9.47 Å². The maximum Gasteiger partial charge on any atom is 0.238 e. The van der Waals surface area contributed by atoms with Crippen LogP contribution in [0.1, 0.15) is 11.1 Å². The van der Waals surface area contributed by atoms with Crippen LogP contribution < -0.4 is 14.4 Å². The molecule has 39 heavy (non-hydrogen) atoms. The molecule has 0 unspecified atom stereocenters. The van der Waals surface area contributed by atoms with Gasteiger partial charge in [-0.3, -0.25) is 14.4 Å². The molecule has 1 saturated carbocycles. The van der Waals surface area contributed by atoms with Crippen molar-refractivity contribution in [2.24, 2.45) is 23.7 Å². The molecule has 4 aromatic rings. The minimum Gasteiger partial charge on any atom is -0.497 e. The van der Waals surface area contributed by atoms with Crippen molar-refractivity contribution in [2.45, 2.75) is 0 Å². The lowest BCUT2D eigenvalue weighted by Gasteiger charge is -2.26. The Hall–Kier alpha value is -4.71. The Morgan fingerprint density at radius 3 is 1.59 bits per heavy atom. The summed E-state index contributed by atoms with van der Waals surface area (Å²) in [7, 11) is 3.21. The Morgan fingerprint density at radius 2 is 1.08 bits per heavy atom. The Kier molecular flexibility index (Phi) is 5.20. The van der Waals surface area contributed by atoms with E-state index in [9.17, 15) is 14.4 Å². The van der Waals surface area contributed by atoms with Crippen LogP contribution >= 0.6 is 0 Å². The van der Waals surface area contributed by atoms with Crippen molar-refractivity contribution in [1.29, 1.82) is 0 Å². The van der Waals surface area contributed by atoms with E-state index in [2.05, 4.69) is 0 Å². The highest BCUT2D eigenvalue weighted by Gasteiger charge is 2.68. The Balaban J connectivity index is 1.39. The molecule has 4 atom stereocenters. The van der Waals surface area contributed by atoms with Gasteiger partial charge in [0.15, 0.2) is 0 Å². The zero-order chi connectivity index (χ0) is 26.8. The van der Waals surface area contributed by atoms with Gasteiger partial charge in [-0.2, -0.15) is 0 Å². The first-order chi connectivity index (χ1) is 19.0. The van der Waals surface area contributed by atoms with Crippen LogP contribution in [-0.4, -0.2) is 31.8 Å². The molecular weight excluding hydrogens is 490 g/mol. The van der Waals surface area contributed by atoms with Crippen LogP contribution in [0, 0.1) is 23.7 Å². The molecule has 2 fully saturated rings. The van der Waals surface area contributed by atoms with E-state index in [1.165, 1.54) is 4.90 Å². The second-order valence-corrected chi connectivity index (χ2v) is 10.2. The van der Waals surface area contributed by atoms with Gasteiger partial charge in [-0.1, -0.05) is 60.7 Å². The average molecular weight is 516 g/mol. The number of hydrogen-bond acceptors (Lipinski definition) is 5. The van der Waals surface area contributed by atoms with E-state index in [0.29, 0.717) is 17.2 Å². The molecule has 1 aliphatic heterocycles. The molecule has 6 heteroatoms. The van der Waals surface area contributed by atoms with Gasteiger partial charge in [0.2, 0.25) is 11.8 Å². The van der Waals surface area contributed by atoms with Crippen LogP contribution in [0.4, 0.5) is 5.69 Å². The van der Waals surface area contributed by atoms with Crippen molar-refractivity contribution in [2.75, 3.05) is 19.1 Å². The number of carbonyl (C=O) groups is 3. The Morgan fingerprint density at radius 1 is 0.590 bits per heavy atom. The maximum absolute atomic E-state index is 14.1. The summed E-state index contributed by atoms with van der Waals surface area (Å²) in [6.45, 7) is 0. The van der Waals surface area contributed by atoms with Gasteiger partial charge in [0.05, 0.1) is 43.6 Å². The number of benzene rings is 4. The lowest BCUT2D eigenvalue weighted by molar-refractivity contribution is -0.128. The van der Waals surface area contributed by atoms with Crippen molar-refractivity contribution in [3.8, 4) is 11.5 Å². The minimum absolute atomic E-state index is 0.0547. The van der Waals surface area contributed by atoms with Crippen LogP contribution in [0.3, 0.4) is 0 Å². The van der Waals surface area contributed by atoms with Crippen molar-refractivity contribution in [3.63, 3.8) is 0 Å². The number of imide groups is 1. The number of hydrogen-bond donors (Lipinski definition) is 0. The van der Waals surface area contributed by atoms with E-state index in [1.807, 2.05) is 91.0 Å². The van der Waals surface area contributed by atoms with Crippen molar-refractivity contribution in [1.82, 2.24) is 0 Å². The molecule has 0 radical (unpaired) electrons. The van der Waals surface area contributed by atoms with Crippen LogP contribution in [0.5, 0.6) is 11.5 Å². The molecule has 192 valence electrons. The van der Waals surface area contributed by atoms with Crippen LogP contribution in [0.15, 0.2) is 91.0 Å². The third-order valence-corrected chi connectivity index (χ3v) is 8.45. The van der Waals surface area contributed by atoms with Gasteiger partial charge in [0.25, 0.3) is 0 Å². The van der Waals surface area contributed by atoms with Gasteiger partial charge in [-0.05, 0) is 58.0 Å². The summed E-state index contributed by atoms with van der Waals surface area (Å²) < 4.78 is 10.7. The van der Waals surface area contributed by atoms with E-state index in [1.54, 1.807) is 14.2 Å². The molecule has 2 bridgehead atoms. The number of nitrogens with zero attached hydrogens (tertiary/aromatic N) is 1. The third kappa shape index (κ3) is 3.24. The van der Waals surface area contributed by atoms with Crippen molar-refractivity contribution in [3.05, 3.63) is 102 Å². The number of methoxy groups -OCH3 is 2. The minimum atomic E-state index is -0.729. The Bertz CT molecular complexity index is 1610. The maximum atomic E-state index is 14.1. The summed E-state index contributed by atoms with van der Waals surface area (Å²) >= 11 is 0. The van der Waals surface area contributed by atoms with Gasteiger partial charge in [-0.25, -0.2) is 4.90 Å². The number of fused-ring (bicyclic) bond motifs is 6. The molecule has 4 aromatic carbocycles. The Labute approximate surface area is 225 Å². The molecule has 3 aliphatic rings. The summed E-state index contributed by atoms with van der Waals surface area (Å²) in [5.41, 5.74) is 3.91. The molecule has 1 saturated heterocycles. The highest BCUT2D eigenvalue weighted by atomic mass is 16.5. The lowest BCUT2D eigenvalue weighted by Crippen LogP contribution is -2.34. The van der Waals surface area contributed by atoms with Crippen molar-refractivity contribution < 1.29 is 23.9 Å². The highest BCUT2D eigenvalue weighted by Crippen LogP contribution is 2.62. The summed E-state index contributed by atoms with van der Waals surface area (Å²) in [4.78, 5) is 43.4. The zero-order valence-electron chi connectivity index (χ0n) is 21.5. The smallest absolute Gasteiger partial charge is 0.238 e. The molecule has 2 amide bonds. The molecule has 7 rings (SSSR count). The topological polar surface area (TPSA) is 72.9 Å². The fourth-order valence-electron chi connectivity index (χ4n) is 6.79. The van der Waals surface area contributed by atoms with E-state index in [-0.39, 0.29) is 17.6 Å². The quantitative estimate of drug-likeness (QED) is 0.333. The standard InChI is InChI=1S/C33H25NO5/c1-38-21-14-10-19(11-15-21)25-26(20-12-16-22(39-2)17-13-20)28-30-29(27(25)31(28)35)32(36)34(33(30)37)24-9-5-7-18-6-3-4-8-23(18)24/h3-17,27-30H,1-2H3/t27-,28-,29+,30+/m1/s1. The molecular formula is C33H25NO5. The number of anilines is 1. The van der Waals surface area contributed by atoms with Gasteiger partial charge in [0, 0.05) is 5.39 Å². The first-order valence-electron chi connectivity index (χ1n) is 13.0. The second-order valence-electron chi connectivity index (χ2n) is 10.2. The fraction of sp³-hybridized carbons (Fsp3) is 0.182. The fourth-order valence-corrected chi connectivity index (χ4v) is 6.79. The van der Waals surface area contributed by atoms with E-state index >= 15 is 0 Å². The number of allylic oxidation sites excluding steroid dienone is 2. The first-order valence-corrected chi connectivity index (χ1v) is 13.0. The highest BCUT2D eigenvalue weighted by molar-refractivity contribution is 6.32. The molecule has 0 spiro atoms. The number of amides is 2. The van der Waals surface area contributed by atoms with Gasteiger partial charge >= 0.3 is 0 Å². The van der Waals surface area contributed by atoms with E-state index < -0.39 is 23.7 Å². The van der Waals surface area contributed by atoms with Crippen molar-refractivity contribution >= 4 is 45.2 Å². The molecule has 0 aromatic heterocycles. The number of rotatable bonds is 5. The predicted octanol–water partition coefficient (Wildman–Crippen LogP) is 5.40. The number of ether oxygens (including phenoxy) is 2. The van der Waals surface area contributed by atoms with Crippen LogP contribution in [0.25, 0.3) is 21.9 Å². The van der Waals surface area contributed by atoms with Gasteiger partial charge in [0.1, 0.15) is 17.3 Å². The molecule has 6 nitrogen and oxygen atoms in total. The number of ketones is 1. The molecule has 0 N–H and O–H groups in total. The lowest BCUT2D eigenvalue weighted by atomic mass is 9.73. The monoisotopic (exact) mass is 515 g/mol. The third-order valence-electron chi connectivity index (χ3n) is 8.45. The zero-order valence-corrected chi connectivity index (χ0v) is 21.5. The predicted molar refractivity (Wildman–Crippen MR) is 148 cm³/mol. The van der Waals surface area contributed by atoms with Gasteiger partial charge < -0.3 is 9.47 Å². The summed E-state index contributed by atoms with van der Waals surface area (Å²) in [5, 5.41) is 1.78. The largest absolute Gasteiger partial charge is 0.497 e. The molecule has 2 aliphatic carbocycles. The summed E-state index contributed by atoms with van der Waals surface area (Å²) in [6, 6.07) is 28.4. The number of Topliss-reactive ketones (excluding diaryl/α,β-unsaturated/α-hetero) is 1. The second kappa shape index (κ2) is 8.67. The normalized spacial score (nSPS) is 23.6. The van der Waals surface area contributed by atoms with E-state index in [0.717, 1.165) is 33.0 Å². The van der Waals surface area contributed by atoms with Crippen LogP contribution in [-0.2, 0) is 14.4 Å². The summed E-state index contributed by atoms with van der Waals surface area (Å²) in [5.74, 6) is -2.10. The summed E-state index contributed by atoms with van der Waals surface area (Å²) in [6.07, 6.45) is 0.